The summed E-state index contributed by atoms with van der Waals surface area (Å²) in [6, 6.07) is 21.3. The molecule has 0 saturated heterocycles. The molecule has 9 heteroatoms. The second-order valence-electron chi connectivity index (χ2n) is 9.33. The van der Waals surface area contributed by atoms with E-state index in [1.807, 2.05) is 43.3 Å². The summed E-state index contributed by atoms with van der Waals surface area (Å²) in [4.78, 5) is 26.7. The van der Waals surface area contributed by atoms with E-state index in [-0.39, 0.29) is 40.2 Å². The van der Waals surface area contributed by atoms with E-state index in [1.54, 1.807) is 17.0 Å². The second-order valence-corrected chi connectivity index (χ2v) is 10.1. The highest BCUT2D eigenvalue weighted by atomic mass is 35.5. The van der Waals surface area contributed by atoms with Gasteiger partial charge in [0.1, 0.15) is 5.82 Å². The molecule has 5 rings (SSSR count). The van der Waals surface area contributed by atoms with Crippen LogP contribution < -0.4 is 10.6 Å². The highest BCUT2D eigenvalue weighted by Gasteiger charge is 2.44. The van der Waals surface area contributed by atoms with Gasteiger partial charge in [0.25, 0.3) is 5.69 Å². The maximum Gasteiger partial charge on any atom is 0.269 e. The number of anilines is 1. The molecule has 0 radical (unpaired) electrons. The Morgan fingerprint density at radius 3 is 2.47 bits per heavy atom. The predicted molar refractivity (Wildman–Crippen MR) is 147 cm³/mol. The SMILES string of the molecule is Cc1c(Cl)cccc1N1C(N)=C(C#N)[C@@H](c2cc([N+](=O)[O-])ccc2Cl)C2=C1C[C@H](c1ccccc1)CC2=O. The Hall–Kier alpha value is -4.12. The standard InChI is InChI=1S/C29H22Cl2N4O3/c1-16-22(30)8-5-9-24(16)34-25-12-18(17-6-3-2-4-7-17)13-26(36)28(25)27(21(15-32)29(34)33)20-14-19(35(37)38)10-11-23(20)31/h2-11,14,18,27H,12-13,33H2,1H3/t18-,27+/m0/s1. The molecule has 0 amide bonds. The summed E-state index contributed by atoms with van der Waals surface area (Å²) >= 11 is 13.0. The van der Waals surface area contributed by atoms with Gasteiger partial charge in [0.2, 0.25) is 0 Å². The average Bonchev–Trinajstić information content (AvgIpc) is 2.90. The van der Waals surface area contributed by atoms with Crippen molar-refractivity contribution in [3.05, 3.63) is 126 Å². The first-order valence-electron chi connectivity index (χ1n) is 11.9. The number of nitrogens with two attached hydrogens (primary N) is 1. The van der Waals surface area contributed by atoms with E-state index in [2.05, 4.69) is 6.07 Å². The van der Waals surface area contributed by atoms with Crippen LogP contribution in [-0.4, -0.2) is 10.7 Å². The maximum atomic E-state index is 14.0. The molecule has 7 nitrogen and oxygen atoms in total. The van der Waals surface area contributed by atoms with Gasteiger partial charge < -0.3 is 5.73 Å². The van der Waals surface area contributed by atoms with Crippen LogP contribution in [-0.2, 0) is 4.79 Å². The van der Waals surface area contributed by atoms with E-state index >= 15 is 0 Å². The second kappa shape index (κ2) is 9.97. The molecule has 2 atom stereocenters. The molecule has 2 N–H and O–H groups in total. The van der Waals surface area contributed by atoms with Crippen LogP contribution in [0.2, 0.25) is 10.0 Å². The van der Waals surface area contributed by atoms with E-state index in [4.69, 9.17) is 28.9 Å². The van der Waals surface area contributed by atoms with Crippen LogP contribution in [0, 0.1) is 28.4 Å². The monoisotopic (exact) mass is 544 g/mol. The predicted octanol–water partition coefficient (Wildman–Crippen LogP) is 6.91. The summed E-state index contributed by atoms with van der Waals surface area (Å²) in [5.74, 6) is -1.10. The van der Waals surface area contributed by atoms with Crippen LogP contribution in [0.1, 0.15) is 41.4 Å². The van der Waals surface area contributed by atoms with Crippen molar-refractivity contribution < 1.29 is 9.72 Å². The maximum absolute atomic E-state index is 14.0. The highest BCUT2D eigenvalue weighted by molar-refractivity contribution is 6.32. The van der Waals surface area contributed by atoms with Crippen LogP contribution in [0.15, 0.2) is 89.4 Å². The van der Waals surface area contributed by atoms with Gasteiger partial charge in [-0.2, -0.15) is 5.26 Å². The Balaban J connectivity index is 1.79. The number of non-ortho nitro benzene ring substituents is 1. The van der Waals surface area contributed by atoms with Gasteiger partial charge in [0, 0.05) is 39.9 Å². The number of nitrogens with zero attached hydrogens (tertiary/aromatic N) is 3. The van der Waals surface area contributed by atoms with Crippen molar-refractivity contribution in [1.29, 1.82) is 5.26 Å². The lowest BCUT2D eigenvalue weighted by atomic mass is 9.71. The Morgan fingerprint density at radius 1 is 1.05 bits per heavy atom. The number of allylic oxidation sites excluding steroid dienone is 3. The number of halogens is 2. The summed E-state index contributed by atoms with van der Waals surface area (Å²) < 4.78 is 0. The number of carbonyl (C=O) groups excluding carboxylic acids is 1. The zero-order valence-corrected chi connectivity index (χ0v) is 21.8. The van der Waals surface area contributed by atoms with Crippen molar-refractivity contribution in [3.8, 4) is 6.07 Å². The molecule has 3 aromatic rings. The Morgan fingerprint density at radius 2 is 1.79 bits per heavy atom. The van der Waals surface area contributed by atoms with Crippen molar-refractivity contribution in [1.82, 2.24) is 0 Å². The third-order valence-corrected chi connectivity index (χ3v) is 7.97. The molecule has 0 unspecified atom stereocenters. The first kappa shape index (κ1) is 25.5. The minimum atomic E-state index is -0.942. The smallest absolute Gasteiger partial charge is 0.269 e. The Bertz CT molecular complexity index is 1590. The zero-order valence-electron chi connectivity index (χ0n) is 20.3. The van der Waals surface area contributed by atoms with Gasteiger partial charge in [-0.25, -0.2) is 0 Å². The lowest BCUT2D eigenvalue weighted by Crippen LogP contribution is -2.40. The van der Waals surface area contributed by atoms with Crippen LogP contribution >= 0.6 is 23.2 Å². The van der Waals surface area contributed by atoms with Crippen molar-refractivity contribution in [2.45, 2.75) is 31.6 Å². The number of hydrogen-bond donors (Lipinski definition) is 1. The molecule has 1 aliphatic carbocycles. The third kappa shape index (κ3) is 4.22. The summed E-state index contributed by atoms with van der Waals surface area (Å²) in [5, 5.41) is 22.6. The number of nitro benzene ring substituents is 1. The fraction of sp³-hybridized carbons (Fsp3) is 0.172. The van der Waals surface area contributed by atoms with Gasteiger partial charge in [-0.05, 0) is 54.2 Å². The van der Waals surface area contributed by atoms with Gasteiger partial charge in [0.15, 0.2) is 5.78 Å². The molecule has 0 aromatic heterocycles. The first-order chi connectivity index (χ1) is 18.2. The molecule has 1 aliphatic heterocycles. The number of hydrogen-bond acceptors (Lipinski definition) is 6. The molecular weight excluding hydrogens is 523 g/mol. The number of benzene rings is 3. The summed E-state index contributed by atoms with van der Waals surface area (Å²) in [6.07, 6.45) is 0.673. The molecule has 190 valence electrons. The zero-order chi connectivity index (χ0) is 27.1. The Kier molecular flexibility index (Phi) is 6.70. The third-order valence-electron chi connectivity index (χ3n) is 7.22. The molecular formula is C29H22Cl2N4O3. The normalized spacial score (nSPS) is 19.3. The number of carbonyl (C=O) groups is 1. The fourth-order valence-electron chi connectivity index (χ4n) is 5.38. The van der Waals surface area contributed by atoms with Gasteiger partial charge in [0.05, 0.1) is 28.2 Å². The van der Waals surface area contributed by atoms with E-state index in [1.165, 1.54) is 18.2 Å². The molecule has 0 saturated carbocycles. The summed E-state index contributed by atoms with van der Waals surface area (Å²) in [6.45, 7) is 1.85. The van der Waals surface area contributed by atoms with Crippen LogP contribution in [0.3, 0.4) is 0 Å². The van der Waals surface area contributed by atoms with Gasteiger partial charge in [-0.3, -0.25) is 19.8 Å². The van der Waals surface area contributed by atoms with Crippen molar-refractivity contribution >= 4 is 40.4 Å². The van der Waals surface area contributed by atoms with E-state index < -0.39 is 10.8 Å². The molecule has 3 aromatic carbocycles. The molecule has 1 heterocycles. The fourth-order valence-corrected chi connectivity index (χ4v) is 5.78. The number of nitro groups is 1. The highest BCUT2D eigenvalue weighted by Crippen LogP contribution is 2.51. The van der Waals surface area contributed by atoms with E-state index in [0.717, 1.165) is 11.1 Å². The Labute approximate surface area is 229 Å². The average molecular weight is 545 g/mol. The van der Waals surface area contributed by atoms with Gasteiger partial charge in [-0.1, -0.05) is 59.6 Å². The quantitative estimate of drug-likeness (QED) is 0.282. The minimum absolute atomic E-state index is 0.0945. The summed E-state index contributed by atoms with van der Waals surface area (Å²) in [5.41, 5.74) is 10.3. The first-order valence-corrected chi connectivity index (χ1v) is 12.7. The van der Waals surface area contributed by atoms with E-state index in [0.29, 0.717) is 34.0 Å². The van der Waals surface area contributed by atoms with Gasteiger partial charge in [-0.15, -0.1) is 0 Å². The number of Topliss-reactive ketones (excluding diaryl/α,β-unsaturated/α-hetero) is 1. The van der Waals surface area contributed by atoms with Gasteiger partial charge >= 0.3 is 0 Å². The molecule has 0 bridgehead atoms. The molecule has 0 fully saturated rings. The number of rotatable bonds is 4. The van der Waals surface area contributed by atoms with E-state index in [9.17, 15) is 20.2 Å². The van der Waals surface area contributed by atoms with Crippen molar-refractivity contribution in [2.75, 3.05) is 4.90 Å². The van der Waals surface area contributed by atoms with Crippen LogP contribution in [0.5, 0.6) is 0 Å². The van der Waals surface area contributed by atoms with Crippen LogP contribution in [0.4, 0.5) is 11.4 Å². The van der Waals surface area contributed by atoms with Crippen molar-refractivity contribution in [3.63, 3.8) is 0 Å². The molecule has 38 heavy (non-hydrogen) atoms. The topological polar surface area (TPSA) is 113 Å². The minimum Gasteiger partial charge on any atom is -0.384 e. The molecule has 2 aliphatic rings. The lowest BCUT2D eigenvalue weighted by molar-refractivity contribution is -0.384. The number of ketones is 1. The molecule has 0 spiro atoms. The lowest BCUT2D eigenvalue weighted by Gasteiger charge is -2.42. The van der Waals surface area contributed by atoms with Crippen molar-refractivity contribution in [2.24, 2.45) is 5.73 Å². The summed E-state index contributed by atoms with van der Waals surface area (Å²) in [7, 11) is 0. The number of nitriles is 1. The largest absolute Gasteiger partial charge is 0.384 e. The van der Waals surface area contributed by atoms with Crippen LogP contribution in [0.25, 0.3) is 0 Å².